The van der Waals surface area contributed by atoms with Crippen molar-refractivity contribution in [3.8, 4) is 0 Å². The lowest BCUT2D eigenvalue weighted by Gasteiger charge is -2.22. The molecule has 2 amide bonds. The Labute approximate surface area is 145 Å². The normalized spacial score (nSPS) is 11.9. The second kappa shape index (κ2) is 7.88. The number of benzene rings is 2. The van der Waals surface area contributed by atoms with Crippen LogP contribution in [0.4, 0.5) is 14.5 Å². The topological polar surface area (TPSA) is 58.2 Å². The van der Waals surface area contributed by atoms with Gasteiger partial charge in [-0.1, -0.05) is 32.0 Å². The lowest BCUT2D eigenvalue weighted by molar-refractivity contribution is -0.118. The maximum absolute atomic E-state index is 13.7. The molecule has 0 heterocycles. The van der Waals surface area contributed by atoms with Gasteiger partial charge in [-0.15, -0.1) is 0 Å². The van der Waals surface area contributed by atoms with Crippen molar-refractivity contribution in [3.63, 3.8) is 0 Å². The van der Waals surface area contributed by atoms with Gasteiger partial charge in [-0.3, -0.25) is 9.59 Å². The molecular formula is C19H20F2N2O2. The van der Waals surface area contributed by atoms with Crippen molar-refractivity contribution in [1.82, 2.24) is 5.32 Å². The van der Waals surface area contributed by atoms with E-state index in [0.29, 0.717) is 11.3 Å². The van der Waals surface area contributed by atoms with Crippen LogP contribution in [-0.2, 0) is 4.79 Å². The maximum atomic E-state index is 13.7. The molecule has 0 saturated carbocycles. The molecule has 0 spiro atoms. The van der Waals surface area contributed by atoms with Crippen LogP contribution < -0.4 is 10.6 Å². The number of aryl methyl sites for hydroxylation is 1. The average Bonchev–Trinajstić information content (AvgIpc) is 2.55. The van der Waals surface area contributed by atoms with Gasteiger partial charge in [-0.05, 0) is 42.7 Å². The zero-order valence-electron chi connectivity index (χ0n) is 14.3. The van der Waals surface area contributed by atoms with Crippen molar-refractivity contribution >= 4 is 17.5 Å². The van der Waals surface area contributed by atoms with Crippen LogP contribution in [0, 0.1) is 24.5 Å². The largest absolute Gasteiger partial charge is 0.340 e. The molecule has 0 radical (unpaired) electrons. The number of hydrogen-bond donors (Lipinski definition) is 2. The summed E-state index contributed by atoms with van der Waals surface area (Å²) in [6.45, 7) is 5.12. The summed E-state index contributed by atoms with van der Waals surface area (Å²) in [6.07, 6.45) is 0. The average molecular weight is 346 g/mol. The van der Waals surface area contributed by atoms with Crippen molar-refractivity contribution < 1.29 is 18.4 Å². The first-order valence-electron chi connectivity index (χ1n) is 7.92. The van der Waals surface area contributed by atoms with Crippen molar-refractivity contribution in [2.24, 2.45) is 5.92 Å². The number of halogens is 2. The monoisotopic (exact) mass is 346 g/mol. The lowest BCUT2D eigenvalue weighted by Crippen LogP contribution is -2.47. The van der Waals surface area contributed by atoms with Gasteiger partial charge >= 0.3 is 0 Å². The number of carbonyl (C=O) groups is 2. The van der Waals surface area contributed by atoms with Crippen LogP contribution in [0.25, 0.3) is 0 Å². The number of rotatable bonds is 5. The van der Waals surface area contributed by atoms with Gasteiger partial charge in [0.2, 0.25) is 5.91 Å². The second-order valence-corrected chi connectivity index (χ2v) is 6.13. The summed E-state index contributed by atoms with van der Waals surface area (Å²) >= 11 is 0. The Kier molecular flexibility index (Phi) is 5.85. The molecule has 2 aromatic carbocycles. The molecule has 0 bridgehead atoms. The molecule has 2 N–H and O–H groups in total. The maximum Gasteiger partial charge on any atom is 0.254 e. The van der Waals surface area contributed by atoms with E-state index in [1.807, 2.05) is 0 Å². The summed E-state index contributed by atoms with van der Waals surface area (Å²) in [6, 6.07) is 8.98. The SMILES string of the molecule is Cc1ccc(NC(=O)[C@@H](NC(=O)c2ccccc2F)C(C)C)cc1F. The lowest BCUT2D eigenvalue weighted by atomic mass is 10.0. The number of amides is 2. The van der Waals surface area contributed by atoms with Crippen LogP contribution in [-0.4, -0.2) is 17.9 Å². The molecule has 0 saturated heterocycles. The summed E-state index contributed by atoms with van der Waals surface area (Å²) in [5.74, 6) is -2.52. The Morgan fingerprint density at radius 3 is 2.28 bits per heavy atom. The molecule has 0 aliphatic heterocycles. The fraction of sp³-hybridized carbons (Fsp3) is 0.263. The first kappa shape index (κ1) is 18.6. The van der Waals surface area contributed by atoms with E-state index in [0.717, 1.165) is 0 Å². The molecule has 1 atom stereocenters. The van der Waals surface area contributed by atoms with E-state index in [1.165, 1.54) is 30.3 Å². The predicted molar refractivity (Wildman–Crippen MR) is 92.3 cm³/mol. The van der Waals surface area contributed by atoms with Gasteiger partial charge in [-0.25, -0.2) is 8.78 Å². The summed E-state index contributed by atoms with van der Waals surface area (Å²) in [5.41, 5.74) is 0.618. The van der Waals surface area contributed by atoms with Gasteiger partial charge < -0.3 is 10.6 Å². The van der Waals surface area contributed by atoms with Gasteiger partial charge in [0.05, 0.1) is 5.56 Å². The van der Waals surface area contributed by atoms with Gasteiger partial charge in [0.25, 0.3) is 5.91 Å². The third-order valence-corrected chi connectivity index (χ3v) is 3.79. The van der Waals surface area contributed by atoms with Gasteiger partial charge in [0, 0.05) is 5.69 Å². The third kappa shape index (κ3) is 4.62. The fourth-order valence-corrected chi connectivity index (χ4v) is 2.29. The first-order valence-corrected chi connectivity index (χ1v) is 7.92. The Balaban J connectivity index is 2.14. The Morgan fingerprint density at radius 2 is 1.68 bits per heavy atom. The Morgan fingerprint density at radius 1 is 1.00 bits per heavy atom. The Hall–Kier alpha value is -2.76. The van der Waals surface area contributed by atoms with E-state index in [4.69, 9.17) is 0 Å². The summed E-state index contributed by atoms with van der Waals surface area (Å²) in [7, 11) is 0. The highest BCUT2D eigenvalue weighted by molar-refractivity contribution is 6.01. The standard InChI is InChI=1S/C19H20F2N2O2/c1-11(2)17(23-18(24)14-6-4-5-7-15(14)20)19(25)22-13-9-8-12(3)16(21)10-13/h4-11,17H,1-3H3,(H,22,25)(H,23,24)/t17-/m0/s1. The van der Waals surface area contributed by atoms with Crippen LogP contribution >= 0.6 is 0 Å². The highest BCUT2D eigenvalue weighted by atomic mass is 19.1. The van der Waals surface area contributed by atoms with E-state index >= 15 is 0 Å². The van der Waals surface area contributed by atoms with Crippen LogP contribution in [0.15, 0.2) is 42.5 Å². The highest BCUT2D eigenvalue weighted by Crippen LogP contribution is 2.15. The van der Waals surface area contributed by atoms with E-state index in [1.54, 1.807) is 32.9 Å². The quantitative estimate of drug-likeness (QED) is 0.868. The van der Waals surface area contributed by atoms with Crippen LogP contribution in [0.5, 0.6) is 0 Å². The van der Waals surface area contributed by atoms with Crippen molar-refractivity contribution in [1.29, 1.82) is 0 Å². The van der Waals surface area contributed by atoms with E-state index < -0.39 is 29.5 Å². The highest BCUT2D eigenvalue weighted by Gasteiger charge is 2.25. The van der Waals surface area contributed by atoms with Gasteiger partial charge in [0.15, 0.2) is 0 Å². The third-order valence-electron chi connectivity index (χ3n) is 3.79. The zero-order chi connectivity index (χ0) is 18.6. The molecule has 2 aromatic rings. The molecule has 2 rings (SSSR count). The Bertz CT molecular complexity index is 791. The second-order valence-electron chi connectivity index (χ2n) is 6.13. The minimum atomic E-state index is -0.892. The van der Waals surface area contributed by atoms with Crippen molar-refractivity contribution in [3.05, 3.63) is 65.2 Å². The molecule has 0 unspecified atom stereocenters. The van der Waals surface area contributed by atoms with Crippen LogP contribution in [0.2, 0.25) is 0 Å². The number of nitrogens with one attached hydrogen (secondary N) is 2. The van der Waals surface area contributed by atoms with Crippen LogP contribution in [0.3, 0.4) is 0 Å². The van der Waals surface area contributed by atoms with Gasteiger partial charge in [-0.2, -0.15) is 0 Å². The smallest absolute Gasteiger partial charge is 0.254 e. The molecule has 25 heavy (non-hydrogen) atoms. The fourth-order valence-electron chi connectivity index (χ4n) is 2.29. The molecule has 0 aliphatic carbocycles. The van der Waals surface area contributed by atoms with E-state index in [-0.39, 0.29) is 11.5 Å². The molecule has 6 heteroatoms. The predicted octanol–water partition coefficient (Wildman–Crippen LogP) is 3.67. The number of anilines is 1. The van der Waals surface area contributed by atoms with Crippen LogP contribution in [0.1, 0.15) is 29.8 Å². The minimum absolute atomic E-state index is 0.137. The number of hydrogen-bond acceptors (Lipinski definition) is 2. The zero-order valence-corrected chi connectivity index (χ0v) is 14.3. The van der Waals surface area contributed by atoms with Crippen molar-refractivity contribution in [2.75, 3.05) is 5.32 Å². The van der Waals surface area contributed by atoms with E-state index in [9.17, 15) is 18.4 Å². The van der Waals surface area contributed by atoms with Gasteiger partial charge in [0.1, 0.15) is 17.7 Å². The molecule has 4 nitrogen and oxygen atoms in total. The summed E-state index contributed by atoms with van der Waals surface area (Å²) in [4.78, 5) is 24.7. The molecule has 132 valence electrons. The molecule has 0 aromatic heterocycles. The molecule has 0 fully saturated rings. The molecular weight excluding hydrogens is 326 g/mol. The number of carbonyl (C=O) groups excluding carboxylic acids is 2. The summed E-state index contributed by atoms with van der Waals surface area (Å²) in [5, 5.41) is 5.11. The van der Waals surface area contributed by atoms with Crippen molar-refractivity contribution in [2.45, 2.75) is 26.8 Å². The molecule has 0 aliphatic rings. The minimum Gasteiger partial charge on any atom is -0.340 e. The first-order chi connectivity index (χ1) is 11.8. The summed E-state index contributed by atoms with van der Waals surface area (Å²) < 4.78 is 27.3. The van der Waals surface area contributed by atoms with E-state index in [2.05, 4.69) is 10.6 Å².